The van der Waals surface area contributed by atoms with Crippen molar-refractivity contribution >= 4 is 44.0 Å². The summed E-state index contributed by atoms with van der Waals surface area (Å²) in [6.45, 7) is 6.75. The highest BCUT2D eigenvalue weighted by Crippen LogP contribution is 2.35. The molecule has 0 radical (unpaired) electrons. The predicted octanol–water partition coefficient (Wildman–Crippen LogP) is 5.02. The SMILES string of the molecule is Cc1cc(C)c2nc(N(CCN(C)C)C(=O)c3ccc(N4CCCCC4)c([N+](=O)[O-])c3)sc2c1. The predicted molar refractivity (Wildman–Crippen MR) is 138 cm³/mol. The molecule has 1 aliphatic heterocycles. The van der Waals surface area contributed by atoms with E-state index in [1.807, 2.05) is 32.8 Å². The number of piperidine rings is 1. The van der Waals surface area contributed by atoms with Crippen LogP contribution in [0.25, 0.3) is 10.2 Å². The van der Waals surface area contributed by atoms with E-state index in [1.165, 1.54) is 17.4 Å². The van der Waals surface area contributed by atoms with Gasteiger partial charge in [0.25, 0.3) is 11.6 Å². The van der Waals surface area contributed by atoms with Gasteiger partial charge in [0, 0.05) is 37.8 Å². The molecule has 4 rings (SSSR count). The van der Waals surface area contributed by atoms with Crippen molar-refractivity contribution in [2.75, 3.05) is 50.1 Å². The number of benzene rings is 2. The Kier molecular flexibility index (Phi) is 7.13. The first-order valence-electron chi connectivity index (χ1n) is 11.6. The zero-order valence-electron chi connectivity index (χ0n) is 20.2. The average Bonchev–Trinajstić information content (AvgIpc) is 3.23. The fourth-order valence-electron chi connectivity index (χ4n) is 4.42. The van der Waals surface area contributed by atoms with Crippen LogP contribution in [0, 0.1) is 24.0 Å². The second-order valence-corrected chi connectivity index (χ2v) is 10.2. The first-order valence-corrected chi connectivity index (χ1v) is 12.4. The molecule has 0 aliphatic carbocycles. The fraction of sp³-hybridized carbons (Fsp3) is 0.440. The number of carbonyl (C=O) groups excluding carboxylic acids is 1. The van der Waals surface area contributed by atoms with Crippen LogP contribution in [0.2, 0.25) is 0 Å². The Bertz CT molecular complexity index is 1220. The van der Waals surface area contributed by atoms with Gasteiger partial charge in [0.15, 0.2) is 5.13 Å². The van der Waals surface area contributed by atoms with E-state index in [9.17, 15) is 14.9 Å². The second-order valence-electron chi connectivity index (χ2n) is 9.19. The number of rotatable bonds is 7. The molecule has 0 bridgehead atoms. The van der Waals surface area contributed by atoms with Crippen LogP contribution in [0.15, 0.2) is 30.3 Å². The Hall–Kier alpha value is -3.04. The lowest BCUT2D eigenvalue weighted by molar-refractivity contribution is -0.384. The zero-order valence-corrected chi connectivity index (χ0v) is 21.0. The summed E-state index contributed by atoms with van der Waals surface area (Å²) >= 11 is 1.48. The van der Waals surface area contributed by atoms with Crippen LogP contribution < -0.4 is 9.80 Å². The van der Waals surface area contributed by atoms with Gasteiger partial charge in [-0.05, 0) is 76.5 Å². The molecule has 1 aromatic heterocycles. The van der Waals surface area contributed by atoms with Crippen molar-refractivity contribution < 1.29 is 9.72 Å². The number of fused-ring (bicyclic) bond motifs is 1. The van der Waals surface area contributed by atoms with E-state index in [4.69, 9.17) is 4.98 Å². The van der Waals surface area contributed by atoms with Crippen molar-refractivity contribution in [1.82, 2.24) is 9.88 Å². The molecule has 8 nitrogen and oxygen atoms in total. The molecule has 34 heavy (non-hydrogen) atoms. The maximum absolute atomic E-state index is 13.7. The van der Waals surface area contributed by atoms with Crippen molar-refractivity contribution in [2.24, 2.45) is 0 Å². The average molecular weight is 482 g/mol. The number of thiazole rings is 1. The van der Waals surface area contributed by atoms with Crippen LogP contribution in [0.1, 0.15) is 40.7 Å². The second kappa shape index (κ2) is 10.1. The van der Waals surface area contributed by atoms with E-state index < -0.39 is 0 Å². The molecule has 180 valence electrons. The van der Waals surface area contributed by atoms with E-state index in [0.29, 0.717) is 29.5 Å². The molecule has 0 unspecified atom stereocenters. The van der Waals surface area contributed by atoms with Gasteiger partial charge in [-0.15, -0.1) is 0 Å². The number of aromatic nitrogens is 1. The molecular weight excluding hydrogens is 450 g/mol. The third kappa shape index (κ3) is 5.05. The summed E-state index contributed by atoms with van der Waals surface area (Å²) in [7, 11) is 3.90. The molecule has 0 N–H and O–H groups in total. The molecular formula is C25H31N5O3S. The van der Waals surface area contributed by atoms with Crippen molar-refractivity contribution in [1.29, 1.82) is 0 Å². The summed E-state index contributed by atoms with van der Waals surface area (Å²) in [4.78, 5) is 35.7. The third-order valence-corrected chi connectivity index (χ3v) is 7.21. The first-order chi connectivity index (χ1) is 16.2. The monoisotopic (exact) mass is 481 g/mol. The Morgan fingerprint density at radius 3 is 2.53 bits per heavy atom. The summed E-state index contributed by atoms with van der Waals surface area (Å²) in [5, 5.41) is 12.5. The van der Waals surface area contributed by atoms with Gasteiger partial charge < -0.3 is 9.80 Å². The molecule has 0 atom stereocenters. The Labute approximate surface area is 203 Å². The maximum atomic E-state index is 13.7. The Balaban J connectivity index is 1.72. The van der Waals surface area contributed by atoms with Crippen LogP contribution in [0.3, 0.4) is 0 Å². The highest BCUT2D eigenvalue weighted by atomic mass is 32.1. The summed E-state index contributed by atoms with van der Waals surface area (Å²) in [5.41, 5.74) is 3.98. The van der Waals surface area contributed by atoms with Crippen molar-refractivity contribution in [3.8, 4) is 0 Å². The first kappa shape index (κ1) is 24.1. The molecule has 1 saturated heterocycles. The van der Waals surface area contributed by atoms with Crippen molar-refractivity contribution in [2.45, 2.75) is 33.1 Å². The van der Waals surface area contributed by atoms with Gasteiger partial charge >= 0.3 is 0 Å². The van der Waals surface area contributed by atoms with Crippen LogP contribution in [-0.4, -0.2) is 61.0 Å². The lowest BCUT2D eigenvalue weighted by Crippen LogP contribution is -2.37. The number of anilines is 2. The minimum absolute atomic E-state index is 0.0175. The number of likely N-dealkylation sites (N-methyl/N-ethyl adjacent to an activating group) is 1. The number of hydrogen-bond acceptors (Lipinski definition) is 7. The fourth-order valence-corrected chi connectivity index (χ4v) is 5.59. The highest BCUT2D eigenvalue weighted by Gasteiger charge is 2.27. The molecule has 0 spiro atoms. The summed E-state index contributed by atoms with van der Waals surface area (Å²) in [6, 6.07) is 9.03. The molecule has 9 heteroatoms. The van der Waals surface area contributed by atoms with E-state index in [-0.39, 0.29) is 16.5 Å². The smallest absolute Gasteiger partial charge is 0.293 e. The van der Waals surface area contributed by atoms with Gasteiger partial charge in [-0.25, -0.2) is 4.98 Å². The molecule has 1 aliphatic rings. The quantitative estimate of drug-likeness (QED) is 0.348. The molecule has 1 fully saturated rings. The minimum atomic E-state index is -0.380. The summed E-state index contributed by atoms with van der Waals surface area (Å²) < 4.78 is 1.03. The zero-order chi connectivity index (χ0) is 24.4. The van der Waals surface area contributed by atoms with Crippen LogP contribution in [0.5, 0.6) is 0 Å². The van der Waals surface area contributed by atoms with E-state index in [0.717, 1.165) is 53.7 Å². The van der Waals surface area contributed by atoms with E-state index in [1.54, 1.807) is 17.0 Å². The number of aryl methyl sites for hydroxylation is 2. The van der Waals surface area contributed by atoms with Gasteiger partial charge in [-0.3, -0.25) is 19.8 Å². The lowest BCUT2D eigenvalue weighted by Gasteiger charge is -2.28. The summed E-state index contributed by atoms with van der Waals surface area (Å²) in [6.07, 6.45) is 3.18. The number of nitro benzene ring substituents is 1. The molecule has 0 saturated carbocycles. The molecule has 2 heterocycles. The van der Waals surface area contributed by atoms with Gasteiger partial charge in [0.1, 0.15) is 5.69 Å². The lowest BCUT2D eigenvalue weighted by atomic mass is 10.1. The third-order valence-electron chi connectivity index (χ3n) is 6.18. The summed E-state index contributed by atoms with van der Waals surface area (Å²) in [5.74, 6) is -0.274. The molecule has 3 aromatic rings. The Morgan fingerprint density at radius 2 is 1.85 bits per heavy atom. The van der Waals surface area contributed by atoms with E-state index >= 15 is 0 Å². The standard InChI is InChI=1S/C25H31N5O3S/c1-17-14-18(2)23-22(15-17)34-25(26-23)29(13-12-27(3)4)24(31)19-8-9-20(21(16-19)30(32)33)28-10-6-5-7-11-28/h8-9,14-16H,5-7,10-13H2,1-4H3. The number of carbonyl (C=O) groups is 1. The molecule has 2 aromatic carbocycles. The normalized spacial score (nSPS) is 14.1. The highest BCUT2D eigenvalue weighted by molar-refractivity contribution is 7.22. The van der Waals surface area contributed by atoms with Crippen molar-refractivity contribution in [3.05, 3.63) is 57.1 Å². The number of nitrogens with zero attached hydrogens (tertiary/aromatic N) is 5. The number of hydrogen-bond donors (Lipinski definition) is 0. The number of amides is 1. The van der Waals surface area contributed by atoms with Crippen LogP contribution in [-0.2, 0) is 0 Å². The van der Waals surface area contributed by atoms with Gasteiger partial charge in [-0.1, -0.05) is 17.4 Å². The maximum Gasteiger partial charge on any atom is 0.293 e. The van der Waals surface area contributed by atoms with Gasteiger partial charge in [-0.2, -0.15) is 0 Å². The Morgan fingerprint density at radius 1 is 1.12 bits per heavy atom. The van der Waals surface area contributed by atoms with Crippen LogP contribution in [0.4, 0.5) is 16.5 Å². The van der Waals surface area contributed by atoms with E-state index in [2.05, 4.69) is 17.0 Å². The van der Waals surface area contributed by atoms with Gasteiger partial charge in [0.2, 0.25) is 0 Å². The minimum Gasteiger partial charge on any atom is -0.366 e. The molecule has 1 amide bonds. The van der Waals surface area contributed by atoms with Gasteiger partial charge in [0.05, 0.1) is 15.1 Å². The largest absolute Gasteiger partial charge is 0.366 e. The van der Waals surface area contributed by atoms with Crippen molar-refractivity contribution in [3.63, 3.8) is 0 Å². The van der Waals surface area contributed by atoms with Crippen LogP contribution >= 0.6 is 11.3 Å². The topological polar surface area (TPSA) is 82.8 Å². The number of nitro groups is 1.